The molecule has 0 fully saturated rings. The van der Waals surface area contributed by atoms with Crippen molar-refractivity contribution in [3.8, 4) is 11.1 Å². The third-order valence-electron chi connectivity index (χ3n) is 3.71. The van der Waals surface area contributed by atoms with E-state index >= 15 is 0 Å². The van der Waals surface area contributed by atoms with Crippen LogP contribution in [0.1, 0.15) is 25.0 Å². The Morgan fingerprint density at radius 3 is 2.04 bits per heavy atom. The summed E-state index contributed by atoms with van der Waals surface area (Å²) in [6.45, 7) is 4.67. The van der Waals surface area contributed by atoms with E-state index in [9.17, 15) is 4.79 Å². The standard InChI is InChI=1S/C19H20N2O2/c1-13(2)11-20-18(22)12-23-21-19-16-9-5-3-7-14(16)15-8-4-6-10-17(15)19/h3-10,13H,11-12H2,1-2H3,(H,20,22). The van der Waals surface area contributed by atoms with Gasteiger partial charge in [-0.25, -0.2) is 0 Å². The minimum atomic E-state index is -0.150. The summed E-state index contributed by atoms with van der Waals surface area (Å²) in [5.74, 6) is 0.265. The first-order valence-electron chi connectivity index (χ1n) is 7.82. The smallest absolute Gasteiger partial charge is 0.260 e. The third kappa shape index (κ3) is 3.26. The maximum absolute atomic E-state index is 11.7. The van der Waals surface area contributed by atoms with Crippen LogP contribution in [0.3, 0.4) is 0 Å². The lowest BCUT2D eigenvalue weighted by molar-refractivity contribution is -0.125. The molecular weight excluding hydrogens is 288 g/mol. The summed E-state index contributed by atoms with van der Waals surface area (Å²) < 4.78 is 0. The molecule has 118 valence electrons. The summed E-state index contributed by atoms with van der Waals surface area (Å²) >= 11 is 0. The van der Waals surface area contributed by atoms with Crippen LogP contribution in [-0.2, 0) is 9.63 Å². The van der Waals surface area contributed by atoms with Crippen LogP contribution in [0.25, 0.3) is 11.1 Å². The first-order valence-corrected chi connectivity index (χ1v) is 7.82. The Morgan fingerprint density at radius 1 is 1.00 bits per heavy atom. The van der Waals surface area contributed by atoms with Gasteiger partial charge in [-0.3, -0.25) is 4.79 Å². The van der Waals surface area contributed by atoms with E-state index in [0.717, 1.165) is 28.0 Å². The van der Waals surface area contributed by atoms with Crippen LogP contribution < -0.4 is 5.32 Å². The highest BCUT2D eigenvalue weighted by molar-refractivity contribution is 6.24. The van der Waals surface area contributed by atoms with Crippen molar-refractivity contribution in [3.05, 3.63) is 59.7 Å². The van der Waals surface area contributed by atoms with E-state index in [1.807, 2.05) is 50.2 Å². The molecule has 1 N–H and O–H groups in total. The molecule has 0 saturated carbocycles. The minimum absolute atomic E-state index is 0.0689. The predicted octanol–water partition coefficient (Wildman–Crippen LogP) is 3.21. The fourth-order valence-electron chi connectivity index (χ4n) is 2.62. The zero-order chi connectivity index (χ0) is 16.2. The van der Waals surface area contributed by atoms with Crippen molar-refractivity contribution in [1.82, 2.24) is 5.32 Å². The van der Waals surface area contributed by atoms with Crippen LogP contribution in [0.5, 0.6) is 0 Å². The summed E-state index contributed by atoms with van der Waals surface area (Å²) in [4.78, 5) is 17.0. The number of rotatable bonds is 5. The molecule has 1 aliphatic rings. The minimum Gasteiger partial charge on any atom is -0.385 e. The summed E-state index contributed by atoms with van der Waals surface area (Å²) in [7, 11) is 0. The Hall–Kier alpha value is -2.62. The molecular formula is C19H20N2O2. The van der Waals surface area contributed by atoms with E-state index in [1.54, 1.807) is 0 Å². The van der Waals surface area contributed by atoms with Gasteiger partial charge in [0.1, 0.15) is 5.71 Å². The number of benzene rings is 2. The molecule has 2 aromatic carbocycles. The quantitative estimate of drug-likeness (QED) is 0.736. The average molecular weight is 308 g/mol. The molecule has 0 heterocycles. The highest BCUT2D eigenvalue weighted by Crippen LogP contribution is 2.36. The summed E-state index contributed by atoms with van der Waals surface area (Å²) in [6.07, 6.45) is 0. The van der Waals surface area contributed by atoms with Gasteiger partial charge in [-0.05, 0) is 17.0 Å². The van der Waals surface area contributed by atoms with Crippen molar-refractivity contribution in [3.63, 3.8) is 0 Å². The fourth-order valence-corrected chi connectivity index (χ4v) is 2.62. The molecule has 4 nitrogen and oxygen atoms in total. The topological polar surface area (TPSA) is 50.7 Å². The molecule has 0 spiro atoms. The third-order valence-corrected chi connectivity index (χ3v) is 3.71. The van der Waals surface area contributed by atoms with Crippen molar-refractivity contribution < 1.29 is 9.63 Å². The van der Waals surface area contributed by atoms with E-state index in [2.05, 4.69) is 22.6 Å². The molecule has 4 heteroatoms. The summed E-state index contributed by atoms with van der Waals surface area (Å²) in [5.41, 5.74) is 5.16. The molecule has 0 unspecified atom stereocenters. The number of carbonyl (C=O) groups is 1. The Morgan fingerprint density at radius 2 is 1.52 bits per heavy atom. The molecule has 23 heavy (non-hydrogen) atoms. The molecule has 0 atom stereocenters. The van der Waals surface area contributed by atoms with Gasteiger partial charge in [0.05, 0.1) is 0 Å². The molecule has 0 radical (unpaired) electrons. The second kappa shape index (κ2) is 6.65. The molecule has 0 bridgehead atoms. The SMILES string of the molecule is CC(C)CNC(=O)CON=C1c2ccccc2-c2ccccc21. The van der Waals surface area contributed by atoms with Gasteiger partial charge in [-0.1, -0.05) is 67.5 Å². The molecule has 0 aromatic heterocycles. The van der Waals surface area contributed by atoms with Gasteiger partial charge in [0.15, 0.2) is 6.61 Å². The van der Waals surface area contributed by atoms with E-state index in [-0.39, 0.29) is 12.5 Å². The monoisotopic (exact) mass is 308 g/mol. The zero-order valence-corrected chi connectivity index (χ0v) is 13.4. The van der Waals surface area contributed by atoms with Crippen molar-refractivity contribution in [1.29, 1.82) is 0 Å². The van der Waals surface area contributed by atoms with Crippen LogP contribution in [0, 0.1) is 5.92 Å². The van der Waals surface area contributed by atoms with Gasteiger partial charge >= 0.3 is 0 Å². The maximum atomic E-state index is 11.7. The van der Waals surface area contributed by atoms with Crippen molar-refractivity contribution in [2.75, 3.05) is 13.2 Å². The Balaban J connectivity index is 1.76. The van der Waals surface area contributed by atoms with E-state index in [1.165, 1.54) is 0 Å². The Labute approximate surface area is 136 Å². The molecule has 1 aliphatic carbocycles. The van der Waals surface area contributed by atoms with Gasteiger partial charge in [0.25, 0.3) is 5.91 Å². The number of nitrogens with zero attached hydrogens (tertiary/aromatic N) is 1. The lowest BCUT2D eigenvalue weighted by atomic mass is 10.1. The molecule has 0 saturated heterocycles. The Bertz CT molecular complexity index is 703. The largest absolute Gasteiger partial charge is 0.385 e. The predicted molar refractivity (Wildman–Crippen MR) is 91.3 cm³/mol. The lowest BCUT2D eigenvalue weighted by Crippen LogP contribution is -2.30. The van der Waals surface area contributed by atoms with Crippen molar-refractivity contribution >= 4 is 11.6 Å². The molecule has 0 aliphatic heterocycles. The number of hydrogen-bond donors (Lipinski definition) is 1. The second-order valence-corrected chi connectivity index (χ2v) is 6.00. The molecule has 3 rings (SSSR count). The summed E-state index contributed by atoms with van der Waals surface area (Å²) in [5, 5.41) is 7.04. The highest BCUT2D eigenvalue weighted by Gasteiger charge is 2.24. The number of fused-ring (bicyclic) bond motifs is 3. The Kier molecular flexibility index (Phi) is 4.42. The number of oxime groups is 1. The van der Waals surface area contributed by atoms with Gasteiger partial charge in [0, 0.05) is 17.7 Å². The van der Waals surface area contributed by atoms with Gasteiger partial charge < -0.3 is 10.2 Å². The lowest BCUT2D eigenvalue weighted by Gasteiger charge is -2.07. The normalized spacial score (nSPS) is 11.9. The van der Waals surface area contributed by atoms with Gasteiger partial charge in [0.2, 0.25) is 0 Å². The first-order chi connectivity index (χ1) is 11.2. The van der Waals surface area contributed by atoms with E-state index in [4.69, 9.17) is 4.84 Å². The zero-order valence-electron chi connectivity index (χ0n) is 13.4. The van der Waals surface area contributed by atoms with Crippen molar-refractivity contribution in [2.45, 2.75) is 13.8 Å². The van der Waals surface area contributed by atoms with Crippen LogP contribution in [-0.4, -0.2) is 24.8 Å². The van der Waals surface area contributed by atoms with Gasteiger partial charge in [-0.2, -0.15) is 0 Å². The summed E-state index contributed by atoms with van der Waals surface area (Å²) in [6, 6.07) is 16.2. The number of carbonyl (C=O) groups excluding carboxylic acids is 1. The highest BCUT2D eigenvalue weighted by atomic mass is 16.6. The van der Waals surface area contributed by atoms with Crippen LogP contribution in [0.4, 0.5) is 0 Å². The molecule has 2 aromatic rings. The van der Waals surface area contributed by atoms with Crippen molar-refractivity contribution in [2.24, 2.45) is 11.1 Å². The number of amides is 1. The van der Waals surface area contributed by atoms with Crippen LogP contribution in [0.2, 0.25) is 0 Å². The second-order valence-electron chi connectivity index (χ2n) is 6.00. The molecule has 1 amide bonds. The van der Waals surface area contributed by atoms with Gasteiger partial charge in [-0.15, -0.1) is 0 Å². The van der Waals surface area contributed by atoms with E-state index < -0.39 is 0 Å². The van der Waals surface area contributed by atoms with Crippen LogP contribution >= 0.6 is 0 Å². The van der Waals surface area contributed by atoms with Crippen LogP contribution in [0.15, 0.2) is 53.7 Å². The average Bonchev–Trinajstić information content (AvgIpc) is 2.88. The maximum Gasteiger partial charge on any atom is 0.260 e. The first kappa shape index (κ1) is 15.3. The fraction of sp³-hybridized carbons (Fsp3) is 0.263. The number of hydrogen-bond acceptors (Lipinski definition) is 3. The number of nitrogens with one attached hydrogen (secondary N) is 1. The van der Waals surface area contributed by atoms with E-state index in [0.29, 0.717) is 12.5 Å².